The highest BCUT2D eigenvalue weighted by molar-refractivity contribution is 5.97. The molecule has 1 aliphatic rings. The zero-order valence-corrected chi connectivity index (χ0v) is 27.0. The molecule has 2 heterocycles. The molecule has 45 heavy (non-hydrogen) atoms. The third kappa shape index (κ3) is 7.89. The van der Waals surface area contributed by atoms with Crippen molar-refractivity contribution in [2.75, 3.05) is 63.7 Å². The highest BCUT2D eigenvalue weighted by Gasteiger charge is 2.25. The molecule has 236 valence electrons. The van der Waals surface area contributed by atoms with Crippen LogP contribution < -0.4 is 24.4 Å². The first-order valence-corrected chi connectivity index (χ1v) is 15.2. The predicted octanol–water partition coefficient (Wildman–Crippen LogP) is 6.43. The second-order valence-electron chi connectivity index (χ2n) is 11.4. The normalized spacial score (nSPS) is 13.7. The van der Waals surface area contributed by atoms with Gasteiger partial charge in [-0.2, -0.15) is 4.98 Å². The molecular weight excluding hydrogens is 568 g/mol. The standard InChI is InChI=1S/C35H42N6O4/c1-24-10-12-29(27(4)22-24)41(35(42)45-33-25(2)8-7-9-26(33)3)32-14-15-36-34(38-32)37-28-11-13-30(31(23-28)43-6)44-21-20-40-18-16-39(5)17-19-40/h7-15,22-23H,16-21H2,1-6H3,(H,36,37,38). The Balaban J connectivity index is 1.35. The van der Waals surface area contributed by atoms with E-state index in [0.29, 0.717) is 47.0 Å². The number of carbonyl (C=O) groups is 1. The summed E-state index contributed by atoms with van der Waals surface area (Å²) in [5, 5.41) is 3.25. The summed E-state index contributed by atoms with van der Waals surface area (Å²) in [4.78, 5) is 29.2. The summed E-state index contributed by atoms with van der Waals surface area (Å²) in [6, 6.07) is 19.0. The molecule has 0 atom stereocenters. The molecule has 0 bridgehead atoms. The molecule has 0 aliphatic carbocycles. The van der Waals surface area contributed by atoms with Gasteiger partial charge in [-0.05, 0) is 69.6 Å². The van der Waals surface area contributed by atoms with Crippen LogP contribution in [-0.2, 0) is 0 Å². The molecular formula is C35H42N6O4. The van der Waals surface area contributed by atoms with E-state index in [2.05, 4.69) is 27.1 Å². The van der Waals surface area contributed by atoms with Crippen LogP contribution in [0.25, 0.3) is 0 Å². The van der Waals surface area contributed by atoms with Crippen LogP contribution in [0.5, 0.6) is 17.2 Å². The van der Waals surface area contributed by atoms with Crippen molar-refractivity contribution >= 4 is 29.2 Å². The van der Waals surface area contributed by atoms with E-state index < -0.39 is 6.09 Å². The van der Waals surface area contributed by atoms with Crippen molar-refractivity contribution in [2.45, 2.75) is 27.7 Å². The molecule has 0 radical (unpaired) electrons. The summed E-state index contributed by atoms with van der Waals surface area (Å²) >= 11 is 0. The van der Waals surface area contributed by atoms with Crippen molar-refractivity contribution < 1.29 is 19.0 Å². The van der Waals surface area contributed by atoms with Crippen LogP contribution in [0.2, 0.25) is 0 Å². The van der Waals surface area contributed by atoms with Gasteiger partial charge < -0.3 is 24.4 Å². The summed E-state index contributed by atoms with van der Waals surface area (Å²) in [5.41, 5.74) is 5.12. The van der Waals surface area contributed by atoms with Crippen molar-refractivity contribution in [3.8, 4) is 17.2 Å². The van der Waals surface area contributed by atoms with Crippen molar-refractivity contribution in [3.63, 3.8) is 0 Å². The number of aromatic nitrogens is 2. The molecule has 5 rings (SSSR count). The van der Waals surface area contributed by atoms with Gasteiger partial charge >= 0.3 is 6.09 Å². The second-order valence-corrected chi connectivity index (χ2v) is 11.4. The van der Waals surface area contributed by atoms with Gasteiger partial charge in [-0.1, -0.05) is 35.9 Å². The Morgan fingerprint density at radius 3 is 2.38 bits per heavy atom. The van der Waals surface area contributed by atoms with Gasteiger partial charge in [0.1, 0.15) is 18.2 Å². The second kappa shape index (κ2) is 14.4. The number of likely N-dealkylation sites (N-methyl/N-ethyl adjacent to an activating group) is 1. The van der Waals surface area contributed by atoms with Crippen LogP contribution in [0.15, 0.2) is 66.9 Å². The Hall–Kier alpha value is -4.67. The lowest BCUT2D eigenvalue weighted by molar-refractivity contribution is 0.133. The molecule has 1 saturated heterocycles. The minimum Gasteiger partial charge on any atom is -0.493 e. The Kier molecular flexibility index (Phi) is 10.2. The SMILES string of the molecule is COc1cc(Nc2nccc(N(C(=O)Oc3c(C)cccc3C)c3ccc(C)cc3C)n2)ccc1OCCN1CCN(C)CC1. The first kappa shape index (κ1) is 31.7. The topological polar surface area (TPSA) is 92.3 Å². The van der Waals surface area contributed by atoms with Crippen molar-refractivity contribution in [2.24, 2.45) is 0 Å². The molecule has 1 fully saturated rings. The van der Waals surface area contributed by atoms with E-state index in [4.69, 9.17) is 19.2 Å². The van der Waals surface area contributed by atoms with Crippen molar-refractivity contribution in [3.05, 3.63) is 89.1 Å². The number of hydrogen-bond donors (Lipinski definition) is 1. The number of hydrogen-bond acceptors (Lipinski definition) is 9. The number of nitrogens with zero attached hydrogens (tertiary/aromatic N) is 5. The van der Waals surface area contributed by atoms with Gasteiger partial charge in [-0.3, -0.25) is 4.90 Å². The molecule has 10 heteroatoms. The fourth-order valence-corrected chi connectivity index (χ4v) is 5.35. The van der Waals surface area contributed by atoms with Crippen LogP contribution in [0.4, 0.5) is 27.9 Å². The fourth-order valence-electron chi connectivity index (χ4n) is 5.35. The zero-order valence-electron chi connectivity index (χ0n) is 27.0. The Labute approximate surface area is 265 Å². The van der Waals surface area contributed by atoms with Crippen molar-refractivity contribution in [1.29, 1.82) is 0 Å². The third-order valence-electron chi connectivity index (χ3n) is 7.92. The van der Waals surface area contributed by atoms with Gasteiger partial charge in [0.2, 0.25) is 5.95 Å². The number of para-hydroxylation sites is 1. The molecule has 4 aromatic rings. The minimum atomic E-state index is -0.566. The number of nitrogens with one attached hydrogen (secondary N) is 1. The fraction of sp³-hybridized carbons (Fsp3) is 0.343. The molecule has 1 amide bonds. The lowest BCUT2D eigenvalue weighted by Gasteiger charge is -2.32. The lowest BCUT2D eigenvalue weighted by atomic mass is 10.1. The Bertz CT molecular complexity index is 1620. The summed E-state index contributed by atoms with van der Waals surface area (Å²) in [7, 11) is 3.77. The molecule has 1 N–H and O–H groups in total. The first-order valence-electron chi connectivity index (χ1n) is 15.2. The largest absolute Gasteiger partial charge is 0.493 e. The quantitative estimate of drug-likeness (QED) is 0.218. The van der Waals surface area contributed by atoms with Gasteiger partial charge in [0.15, 0.2) is 11.5 Å². The number of rotatable bonds is 10. The number of benzene rings is 3. The van der Waals surface area contributed by atoms with E-state index >= 15 is 0 Å². The number of anilines is 4. The first-order chi connectivity index (χ1) is 21.7. The highest BCUT2D eigenvalue weighted by Crippen LogP contribution is 2.33. The predicted molar refractivity (Wildman–Crippen MR) is 178 cm³/mol. The summed E-state index contributed by atoms with van der Waals surface area (Å²) in [6.07, 6.45) is 1.05. The lowest BCUT2D eigenvalue weighted by Crippen LogP contribution is -2.45. The smallest absolute Gasteiger partial charge is 0.425 e. The van der Waals surface area contributed by atoms with E-state index in [-0.39, 0.29) is 0 Å². The van der Waals surface area contributed by atoms with Crippen LogP contribution in [0.3, 0.4) is 0 Å². The number of aryl methyl sites for hydroxylation is 4. The number of amides is 1. The minimum absolute atomic E-state index is 0.313. The van der Waals surface area contributed by atoms with Crippen LogP contribution in [-0.4, -0.2) is 79.3 Å². The van der Waals surface area contributed by atoms with Crippen LogP contribution >= 0.6 is 0 Å². The molecule has 0 unspecified atom stereocenters. The van der Waals surface area contributed by atoms with E-state index in [1.54, 1.807) is 19.4 Å². The van der Waals surface area contributed by atoms with E-state index in [9.17, 15) is 4.79 Å². The maximum atomic E-state index is 13.8. The maximum Gasteiger partial charge on any atom is 0.425 e. The molecule has 10 nitrogen and oxygen atoms in total. The van der Waals surface area contributed by atoms with Gasteiger partial charge in [0, 0.05) is 56.7 Å². The third-order valence-corrected chi connectivity index (χ3v) is 7.92. The van der Waals surface area contributed by atoms with Crippen molar-refractivity contribution in [1.82, 2.24) is 19.8 Å². The number of methoxy groups -OCH3 is 1. The summed E-state index contributed by atoms with van der Waals surface area (Å²) in [6.45, 7) is 13.5. The van der Waals surface area contributed by atoms with Gasteiger partial charge in [-0.25, -0.2) is 14.7 Å². The average molecular weight is 611 g/mol. The number of ether oxygens (including phenoxy) is 3. The van der Waals surface area contributed by atoms with Gasteiger partial charge in [0.25, 0.3) is 0 Å². The Morgan fingerprint density at radius 1 is 0.911 bits per heavy atom. The molecule has 0 saturated carbocycles. The van der Waals surface area contributed by atoms with Crippen LogP contribution in [0.1, 0.15) is 22.3 Å². The van der Waals surface area contributed by atoms with E-state index in [1.807, 2.05) is 82.3 Å². The number of carbonyl (C=O) groups excluding carboxylic acids is 1. The van der Waals surface area contributed by atoms with Gasteiger partial charge in [0.05, 0.1) is 12.8 Å². The van der Waals surface area contributed by atoms with Gasteiger partial charge in [-0.15, -0.1) is 0 Å². The monoisotopic (exact) mass is 610 g/mol. The maximum absolute atomic E-state index is 13.8. The zero-order chi connectivity index (χ0) is 31.9. The highest BCUT2D eigenvalue weighted by atomic mass is 16.6. The molecule has 1 aliphatic heterocycles. The Morgan fingerprint density at radius 2 is 1.67 bits per heavy atom. The summed E-state index contributed by atoms with van der Waals surface area (Å²) < 4.78 is 17.7. The molecule has 1 aromatic heterocycles. The van der Waals surface area contributed by atoms with E-state index in [0.717, 1.165) is 55.0 Å². The molecule has 0 spiro atoms. The summed E-state index contributed by atoms with van der Waals surface area (Å²) in [5.74, 6) is 2.48. The van der Waals surface area contributed by atoms with E-state index in [1.165, 1.54) is 4.90 Å². The average Bonchev–Trinajstić information content (AvgIpc) is 3.02. The molecule has 3 aromatic carbocycles. The van der Waals surface area contributed by atoms with Crippen LogP contribution in [0, 0.1) is 27.7 Å². The number of piperazine rings is 1.